The highest BCUT2D eigenvalue weighted by Gasteiger charge is 2.65. The Morgan fingerprint density at radius 2 is 2.08 bits per heavy atom. The number of hydrogen-bond donors (Lipinski definition) is 1. The van der Waals surface area contributed by atoms with Gasteiger partial charge in [-0.3, -0.25) is 0 Å². The third-order valence-corrected chi connectivity index (χ3v) is 3.99. The molecule has 0 bridgehead atoms. The van der Waals surface area contributed by atoms with E-state index in [4.69, 9.17) is 4.74 Å². The number of epoxide rings is 1. The summed E-state index contributed by atoms with van der Waals surface area (Å²) in [6.45, 7) is 0. The minimum absolute atomic E-state index is 0.153. The second kappa shape index (κ2) is 2.24. The van der Waals surface area contributed by atoms with Gasteiger partial charge in [0.15, 0.2) is 0 Å². The van der Waals surface area contributed by atoms with Crippen molar-refractivity contribution in [1.82, 2.24) is 0 Å². The molecule has 12 heavy (non-hydrogen) atoms. The van der Waals surface area contributed by atoms with Crippen LogP contribution in [-0.4, -0.2) is 22.9 Å². The van der Waals surface area contributed by atoms with Crippen molar-refractivity contribution in [2.45, 2.75) is 56.3 Å². The van der Waals surface area contributed by atoms with Crippen LogP contribution in [0, 0.1) is 5.92 Å². The van der Waals surface area contributed by atoms with E-state index in [1.165, 1.54) is 32.1 Å². The summed E-state index contributed by atoms with van der Waals surface area (Å²) in [6.07, 6.45) is 7.45. The molecule has 2 saturated carbocycles. The summed E-state index contributed by atoms with van der Waals surface area (Å²) in [5.41, 5.74) is 0.163. The second-order valence-corrected chi connectivity index (χ2v) is 4.58. The summed E-state index contributed by atoms with van der Waals surface area (Å²) in [5.74, 6) is 0.777. The van der Waals surface area contributed by atoms with Crippen molar-refractivity contribution in [3.8, 4) is 0 Å². The van der Waals surface area contributed by atoms with Crippen molar-refractivity contribution >= 4 is 0 Å². The Balaban J connectivity index is 1.84. The van der Waals surface area contributed by atoms with Gasteiger partial charge in [0.05, 0.1) is 6.10 Å². The molecule has 0 amide bonds. The van der Waals surface area contributed by atoms with Crippen LogP contribution in [0.15, 0.2) is 0 Å². The highest BCUT2D eigenvalue weighted by molar-refractivity contribution is 5.14. The Bertz CT molecular complexity index is 204. The van der Waals surface area contributed by atoms with E-state index in [9.17, 15) is 5.11 Å². The van der Waals surface area contributed by atoms with Gasteiger partial charge in [0.1, 0.15) is 11.7 Å². The number of ether oxygens (including phenoxy) is 1. The smallest absolute Gasteiger partial charge is 0.113 e. The van der Waals surface area contributed by atoms with E-state index in [0.29, 0.717) is 0 Å². The van der Waals surface area contributed by atoms with E-state index >= 15 is 0 Å². The fourth-order valence-electron chi connectivity index (χ4n) is 3.29. The molecule has 1 saturated heterocycles. The first-order valence-electron chi connectivity index (χ1n) is 5.19. The Morgan fingerprint density at radius 3 is 3.00 bits per heavy atom. The van der Waals surface area contributed by atoms with E-state index in [1.807, 2.05) is 0 Å². The molecular formula is C10H16O2. The van der Waals surface area contributed by atoms with Gasteiger partial charge in [0.2, 0.25) is 0 Å². The molecule has 0 unspecified atom stereocenters. The van der Waals surface area contributed by atoms with Crippen LogP contribution in [-0.2, 0) is 4.74 Å². The van der Waals surface area contributed by atoms with Crippen molar-refractivity contribution in [3.05, 3.63) is 0 Å². The van der Waals surface area contributed by atoms with Gasteiger partial charge >= 0.3 is 0 Å². The molecule has 4 atom stereocenters. The third kappa shape index (κ3) is 0.775. The minimum Gasteiger partial charge on any atom is -0.390 e. The first-order chi connectivity index (χ1) is 5.83. The number of rotatable bonds is 0. The number of aliphatic hydroxyl groups excluding tert-OH is 1. The second-order valence-electron chi connectivity index (χ2n) is 4.58. The molecule has 3 aliphatic rings. The molecule has 0 aromatic carbocycles. The topological polar surface area (TPSA) is 32.8 Å². The quantitative estimate of drug-likeness (QED) is 0.555. The van der Waals surface area contributed by atoms with Crippen LogP contribution in [0.1, 0.15) is 38.5 Å². The summed E-state index contributed by atoms with van der Waals surface area (Å²) in [7, 11) is 0. The molecule has 0 aromatic rings. The van der Waals surface area contributed by atoms with Gasteiger partial charge in [-0.2, -0.15) is 0 Å². The van der Waals surface area contributed by atoms with Gasteiger partial charge in [0.25, 0.3) is 0 Å². The normalized spacial score (nSPS) is 57.2. The number of aliphatic hydroxyl groups is 1. The summed E-state index contributed by atoms with van der Waals surface area (Å²) in [5, 5.41) is 9.63. The Hall–Kier alpha value is -0.0800. The average Bonchev–Trinajstić information content (AvgIpc) is 2.80. The zero-order chi connectivity index (χ0) is 8.18. The van der Waals surface area contributed by atoms with Crippen molar-refractivity contribution in [2.75, 3.05) is 0 Å². The molecule has 3 fully saturated rings. The van der Waals surface area contributed by atoms with E-state index in [-0.39, 0.29) is 17.8 Å². The Morgan fingerprint density at radius 1 is 1.17 bits per heavy atom. The highest BCUT2D eigenvalue weighted by atomic mass is 16.6. The highest BCUT2D eigenvalue weighted by Crippen LogP contribution is 2.57. The summed E-state index contributed by atoms with van der Waals surface area (Å²) in [6, 6.07) is 0. The Labute approximate surface area is 72.9 Å². The van der Waals surface area contributed by atoms with Crippen molar-refractivity contribution in [2.24, 2.45) is 5.92 Å². The Kier molecular flexibility index (Phi) is 1.37. The minimum atomic E-state index is -0.153. The van der Waals surface area contributed by atoms with E-state index in [0.717, 1.165) is 12.3 Å². The molecule has 2 aliphatic carbocycles. The lowest BCUT2D eigenvalue weighted by Gasteiger charge is -2.33. The molecule has 1 heterocycles. The first-order valence-corrected chi connectivity index (χ1v) is 5.19. The lowest BCUT2D eigenvalue weighted by atomic mass is 9.70. The van der Waals surface area contributed by atoms with Crippen LogP contribution in [0.25, 0.3) is 0 Å². The van der Waals surface area contributed by atoms with Crippen molar-refractivity contribution in [3.63, 3.8) is 0 Å². The van der Waals surface area contributed by atoms with Gasteiger partial charge in [-0.1, -0.05) is 12.8 Å². The van der Waals surface area contributed by atoms with Crippen LogP contribution in [0.4, 0.5) is 0 Å². The maximum absolute atomic E-state index is 9.63. The number of hydrogen-bond acceptors (Lipinski definition) is 2. The maximum atomic E-state index is 9.63. The molecule has 3 rings (SSSR count). The van der Waals surface area contributed by atoms with Gasteiger partial charge < -0.3 is 9.84 Å². The van der Waals surface area contributed by atoms with E-state index < -0.39 is 0 Å². The van der Waals surface area contributed by atoms with Crippen molar-refractivity contribution < 1.29 is 9.84 Å². The van der Waals surface area contributed by atoms with E-state index in [2.05, 4.69) is 0 Å². The van der Waals surface area contributed by atoms with Crippen LogP contribution < -0.4 is 0 Å². The molecule has 1 aliphatic heterocycles. The predicted octanol–water partition coefficient (Wildman–Crippen LogP) is 1.47. The van der Waals surface area contributed by atoms with Crippen molar-refractivity contribution in [1.29, 1.82) is 0 Å². The van der Waals surface area contributed by atoms with Crippen LogP contribution >= 0.6 is 0 Å². The molecule has 0 aromatic heterocycles. The molecule has 1 N–H and O–H groups in total. The molecule has 1 spiro atoms. The predicted molar refractivity (Wildman–Crippen MR) is 44.8 cm³/mol. The maximum Gasteiger partial charge on any atom is 0.113 e. The lowest BCUT2D eigenvalue weighted by Crippen LogP contribution is -2.39. The molecule has 68 valence electrons. The van der Waals surface area contributed by atoms with E-state index in [1.54, 1.807) is 0 Å². The molecule has 2 heteroatoms. The molecular weight excluding hydrogens is 152 g/mol. The van der Waals surface area contributed by atoms with Crippen LogP contribution in [0.3, 0.4) is 0 Å². The van der Waals surface area contributed by atoms with Crippen LogP contribution in [0.2, 0.25) is 0 Å². The van der Waals surface area contributed by atoms with Gasteiger partial charge in [-0.25, -0.2) is 0 Å². The zero-order valence-corrected chi connectivity index (χ0v) is 7.33. The van der Waals surface area contributed by atoms with Gasteiger partial charge in [-0.05, 0) is 31.6 Å². The third-order valence-electron chi connectivity index (χ3n) is 3.99. The summed E-state index contributed by atoms with van der Waals surface area (Å²) >= 11 is 0. The summed E-state index contributed by atoms with van der Waals surface area (Å²) < 4.78 is 5.73. The molecule has 2 nitrogen and oxygen atoms in total. The molecule has 0 radical (unpaired) electrons. The average molecular weight is 168 g/mol. The van der Waals surface area contributed by atoms with Gasteiger partial charge in [-0.15, -0.1) is 0 Å². The standard InChI is InChI=1S/C10H16O2/c11-8-5-4-7-3-1-2-6-10(7)9(8)12-10/h7-9,11H,1-6H2/t7-,8-,9-,10+/m0/s1. The fourth-order valence-corrected chi connectivity index (χ4v) is 3.29. The summed E-state index contributed by atoms with van der Waals surface area (Å²) in [4.78, 5) is 0. The fraction of sp³-hybridized carbons (Fsp3) is 1.00. The van der Waals surface area contributed by atoms with Crippen LogP contribution in [0.5, 0.6) is 0 Å². The lowest BCUT2D eigenvalue weighted by molar-refractivity contribution is 0.0965. The largest absolute Gasteiger partial charge is 0.390 e. The zero-order valence-electron chi connectivity index (χ0n) is 7.33. The first kappa shape index (κ1) is 7.34. The monoisotopic (exact) mass is 168 g/mol. The van der Waals surface area contributed by atoms with Gasteiger partial charge in [0, 0.05) is 0 Å². The SMILES string of the molecule is O[C@H]1CC[C@@H]2CCCC[C@@]23O[C@@H]13.